The second-order valence-corrected chi connectivity index (χ2v) is 3.90. The van der Waals surface area contributed by atoms with E-state index in [9.17, 15) is 0 Å². The molecule has 1 heteroatoms. The van der Waals surface area contributed by atoms with E-state index in [1.807, 2.05) is 0 Å². The Balaban J connectivity index is 2.93. The second-order valence-electron chi connectivity index (χ2n) is 3.41. The first-order valence-electron chi connectivity index (χ1n) is 3.83. The van der Waals surface area contributed by atoms with Crippen LogP contribution in [0.5, 0.6) is 0 Å². The zero-order chi connectivity index (χ0) is 8.32. The molecule has 11 heavy (non-hydrogen) atoms. The van der Waals surface area contributed by atoms with Crippen molar-refractivity contribution in [1.29, 1.82) is 0 Å². The maximum absolute atomic E-state index is 2.66. The summed E-state index contributed by atoms with van der Waals surface area (Å²) in [4.78, 5) is 0. The average molecular weight is 184 g/mol. The van der Waals surface area contributed by atoms with Gasteiger partial charge in [0.25, 0.3) is 0 Å². The van der Waals surface area contributed by atoms with Gasteiger partial charge in [0.05, 0.1) is 0 Å². The van der Waals surface area contributed by atoms with Gasteiger partial charge in [0.1, 0.15) is 0 Å². The molecule has 0 radical (unpaired) electrons. The van der Waals surface area contributed by atoms with Gasteiger partial charge < -0.3 is 0 Å². The van der Waals surface area contributed by atoms with Gasteiger partial charge in [-0.2, -0.15) is 0 Å². The molecular formula is C10H13V. The topological polar surface area (TPSA) is 0 Å². The van der Waals surface area contributed by atoms with Gasteiger partial charge in [0.2, 0.25) is 0 Å². The SMILES string of the molecule is CC(C)([CH2][V])c1ccccc1. The summed E-state index contributed by atoms with van der Waals surface area (Å²) >= 11 is 2.66. The molecule has 1 aromatic carbocycles. The first kappa shape index (κ1) is 8.90. The Kier molecular flexibility index (Phi) is 2.80. The molecule has 0 aromatic heterocycles. The molecule has 0 N–H and O–H groups in total. The number of benzene rings is 1. The third-order valence-corrected chi connectivity index (χ3v) is 3.19. The maximum atomic E-state index is 2.66. The van der Waals surface area contributed by atoms with E-state index in [0.29, 0.717) is 5.41 Å². The van der Waals surface area contributed by atoms with Crippen LogP contribution in [0.25, 0.3) is 0 Å². The Morgan fingerprint density at radius 2 is 1.73 bits per heavy atom. The Morgan fingerprint density at radius 1 is 1.18 bits per heavy atom. The quantitative estimate of drug-likeness (QED) is 0.662. The monoisotopic (exact) mass is 184 g/mol. The fourth-order valence-corrected chi connectivity index (χ4v) is 1.27. The molecule has 1 rings (SSSR count). The Bertz CT molecular complexity index is 214. The van der Waals surface area contributed by atoms with Gasteiger partial charge in [0.15, 0.2) is 0 Å². The molecule has 0 heterocycles. The van der Waals surface area contributed by atoms with Crippen molar-refractivity contribution in [2.75, 3.05) is 0 Å². The molecule has 0 atom stereocenters. The first-order valence-corrected chi connectivity index (χ1v) is 4.82. The molecule has 0 saturated carbocycles. The fraction of sp³-hybridized carbons (Fsp3) is 0.400. The molecule has 0 unspecified atom stereocenters. The summed E-state index contributed by atoms with van der Waals surface area (Å²) in [5.74, 6) is 0. The van der Waals surface area contributed by atoms with Gasteiger partial charge in [-0.3, -0.25) is 0 Å². The Labute approximate surface area is 78.0 Å². The van der Waals surface area contributed by atoms with Crippen molar-refractivity contribution >= 4 is 0 Å². The van der Waals surface area contributed by atoms with E-state index in [1.54, 1.807) is 0 Å². The molecular weight excluding hydrogens is 171 g/mol. The van der Waals surface area contributed by atoms with Crippen LogP contribution in [0.1, 0.15) is 19.4 Å². The normalized spacial score (nSPS) is 11.5. The van der Waals surface area contributed by atoms with Crippen molar-refractivity contribution in [3.8, 4) is 0 Å². The first-order chi connectivity index (χ1) is 5.17. The second kappa shape index (κ2) is 3.47. The summed E-state index contributed by atoms with van der Waals surface area (Å²) in [5.41, 5.74) is 1.72. The van der Waals surface area contributed by atoms with E-state index < -0.39 is 0 Å². The summed E-state index contributed by atoms with van der Waals surface area (Å²) in [7, 11) is 0. The van der Waals surface area contributed by atoms with E-state index in [1.165, 1.54) is 5.56 Å². The molecule has 0 spiro atoms. The van der Waals surface area contributed by atoms with E-state index >= 15 is 0 Å². The van der Waals surface area contributed by atoms with Crippen LogP contribution in [0, 0.1) is 0 Å². The fourth-order valence-electron chi connectivity index (χ4n) is 0.981. The number of rotatable bonds is 2. The molecule has 0 amide bonds. The van der Waals surface area contributed by atoms with Gasteiger partial charge in [-0.15, -0.1) is 0 Å². The van der Waals surface area contributed by atoms with Crippen LogP contribution in [0.15, 0.2) is 30.3 Å². The summed E-state index contributed by atoms with van der Waals surface area (Å²) < 4.78 is 0. The van der Waals surface area contributed by atoms with Gasteiger partial charge in [-0.1, -0.05) is 0 Å². The molecule has 0 aliphatic heterocycles. The summed E-state index contributed by atoms with van der Waals surface area (Å²) in [6, 6.07) is 10.6. The summed E-state index contributed by atoms with van der Waals surface area (Å²) in [6.07, 6.45) is 0. The Hall–Kier alpha value is -0.196. The van der Waals surface area contributed by atoms with Crippen LogP contribution >= 0.6 is 0 Å². The van der Waals surface area contributed by atoms with Gasteiger partial charge in [0, 0.05) is 0 Å². The van der Waals surface area contributed by atoms with E-state index in [0.717, 1.165) is 5.13 Å². The van der Waals surface area contributed by atoms with Gasteiger partial charge in [-0.25, -0.2) is 0 Å². The van der Waals surface area contributed by atoms with Gasteiger partial charge in [-0.05, 0) is 0 Å². The minimum atomic E-state index is 0.307. The van der Waals surface area contributed by atoms with Crippen LogP contribution in [0.4, 0.5) is 0 Å². The van der Waals surface area contributed by atoms with Crippen LogP contribution < -0.4 is 0 Å². The van der Waals surface area contributed by atoms with Crippen molar-refractivity contribution in [3.05, 3.63) is 35.9 Å². The molecule has 0 nitrogen and oxygen atoms in total. The van der Waals surface area contributed by atoms with Crippen molar-refractivity contribution < 1.29 is 17.4 Å². The summed E-state index contributed by atoms with van der Waals surface area (Å²) in [5, 5.41) is 1.13. The third-order valence-electron chi connectivity index (χ3n) is 1.95. The standard InChI is InChI=1S/C10H13.V/c1-10(2,3)9-7-5-4-6-8-9;/h4-8H,1H2,2-3H3;. The molecule has 0 bridgehead atoms. The molecule has 0 fully saturated rings. The number of hydrogen-bond donors (Lipinski definition) is 0. The van der Waals surface area contributed by atoms with Gasteiger partial charge >= 0.3 is 77.7 Å². The van der Waals surface area contributed by atoms with Crippen LogP contribution in [-0.2, 0) is 22.8 Å². The number of hydrogen-bond acceptors (Lipinski definition) is 0. The van der Waals surface area contributed by atoms with E-state index in [4.69, 9.17) is 0 Å². The Morgan fingerprint density at radius 3 is 2.18 bits per heavy atom. The summed E-state index contributed by atoms with van der Waals surface area (Å²) in [6.45, 7) is 4.53. The van der Waals surface area contributed by atoms with Crippen LogP contribution in [0.3, 0.4) is 0 Å². The van der Waals surface area contributed by atoms with E-state index in [2.05, 4.69) is 61.6 Å². The van der Waals surface area contributed by atoms with Crippen molar-refractivity contribution in [1.82, 2.24) is 0 Å². The van der Waals surface area contributed by atoms with Crippen molar-refractivity contribution in [3.63, 3.8) is 0 Å². The molecule has 0 aliphatic carbocycles. The molecule has 0 aliphatic rings. The van der Waals surface area contributed by atoms with Crippen molar-refractivity contribution in [2.24, 2.45) is 0 Å². The zero-order valence-corrected chi connectivity index (χ0v) is 8.44. The van der Waals surface area contributed by atoms with Crippen molar-refractivity contribution in [2.45, 2.75) is 24.4 Å². The third kappa shape index (κ3) is 2.11. The molecule has 0 saturated heterocycles. The average Bonchev–Trinajstić information content (AvgIpc) is 2.06. The van der Waals surface area contributed by atoms with E-state index in [-0.39, 0.29) is 0 Å². The van der Waals surface area contributed by atoms with Crippen LogP contribution in [-0.4, -0.2) is 0 Å². The predicted octanol–water partition coefficient (Wildman–Crippen LogP) is 2.93. The van der Waals surface area contributed by atoms with Crippen LogP contribution in [0.2, 0.25) is 5.13 Å². The minimum absolute atomic E-state index is 0.307. The molecule has 1 aromatic rings. The predicted molar refractivity (Wildman–Crippen MR) is 44.3 cm³/mol. The zero-order valence-electron chi connectivity index (χ0n) is 7.04. The molecule has 58 valence electrons.